The van der Waals surface area contributed by atoms with E-state index < -0.39 is 5.60 Å². The Labute approximate surface area is 153 Å². The quantitative estimate of drug-likeness (QED) is 0.637. The normalized spacial score (nSPS) is 12.8. The Morgan fingerprint density at radius 1 is 0.923 bits per heavy atom. The summed E-state index contributed by atoms with van der Waals surface area (Å²) in [6.45, 7) is 0.0526. The number of anilines is 1. The Hall–Kier alpha value is -3.11. The molecule has 0 amide bonds. The second-order valence-corrected chi connectivity index (χ2v) is 6.00. The van der Waals surface area contributed by atoms with E-state index in [1.807, 2.05) is 48.5 Å². The smallest absolute Gasteiger partial charge is 0.200 e. The van der Waals surface area contributed by atoms with Crippen LogP contribution in [0.5, 0.6) is 5.75 Å². The van der Waals surface area contributed by atoms with Gasteiger partial charge in [-0.25, -0.2) is 0 Å². The molecule has 26 heavy (non-hydrogen) atoms. The average Bonchev–Trinajstić information content (AvgIpc) is 2.73. The molecule has 3 rings (SSSR count). The third-order valence-electron chi connectivity index (χ3n) is 4.30. The van der Waals surface area contributed by atoms with Crippen LogP contribution in [0, 0.1) is 0 Å². The predicted molar refractivity (Wildman–Crippen MR) is 103 cm³/mol. The zero-order chi connectivity index (χ0) is 18.4. The number of aliphatic hydroxyl groups is 1. The largest absolute Gasteiger partial charge is 0.497 e. The molecule has 0 aromatic heterocycles. The fraction of sp³-hybridized carbons (Fsp3) is 0.136. The van der Waals surface area contributed by atoms with Gasteiger partial charge in [0.15, 0.2) is 5.60 Å². The van der Waals surface area contributed by atoms with Gasteiger partial charge in [0.2, 0.25) is 5.78 Å². The first-order chi connectivity index (χ1) is 12.6. The second-order valence-electron chi connectivity index (χ2n) is 6.00. The van der Waals surface area contributed by atoms with Crippen molar-refractivity contribution < 1.29 is 14.6 Å². The molecule has 4 nitrogen and oxygen atoms in total. The third kappa shape index (κ3) is 3.76. The van der Waals surface area contributed by atoms with Gasteiger partial charge in [0.05, 0.1) is 13.7 Å². The number of carbonyl (C=O) groups is 1. The topological polar surface area (TPSA) is 58.6 Å². The number of benzene rings is 3. The number of ketones is 1. The first-order valence-electron chi connectivity index (χ1n) is 8.39. The van der Waals surface area contributed by atoms with E-state index in [1.165, 1.54) is 0 Å². The number of methoxy groups -OCH3 is 1. The maximum atomic E-state index is 13.1. The summed E-state index contributed by atoms with van der Waals surface area (Å²) in [7, 11) is 1.61. The molecule has 0 radical (unpaired) electrons. The van der Waals surface area contributed by atoms with Crippen molar-refractivity contribution in [2.45, 2.75) is 5.60 Å². The van der Waals surface area contributed by atoms with Crippen LogP contribution in [0.4, 0.5) is 5.69 Å². The summed E-state index contributed by atoms with van der Waals surface area (Å²) in [6, 6.07) is 25.2. The molecule has 0 unspecified atom stereocenters. The molecule has 0 aliphatic rings. The van der Waals surface area contributed by atoms with E-state index in [-0.39, 0.29) is 12.3 Å². The molecule has 0 bridgehead atoms. The lowest BCUT2D eigenvalue weighted by atomic mass is 9.85. The SMILES string of the molecule is COc1ccc(NC[C@](O)(C(=O)c2ccccc2)c2ccccc2)cc1. The highest BCUT2D eigenvalue weighted by molar-refractivity contribution is 6.03. The van der Waals surface area contributed by atoms with Crippen LogP contribution in [0.1, 0.15) is 15.9 Å². The van der Waals surface area contributed by atoms with Crippen LogP contribution in [-0.4, -0.2) is 24.5 Å². The van der Waals surface area contributed by atoms with Gasteiger partial charge in [-0.15, -0.1) is 0 Å². The van der Waals surface area contributed by atoms with Crippen LogP contribution in [0.3, 0.4) is 0 Å². The van der Waals surface area contributed by atoms with Crippen LogP contribution in [0.15, 0.2) is 84.9 Å². The lowest BCUT2D eigenvalue weighted by Gasteiger charge is -2.28. The van der Waals surface area contributed by atoms with E-state index in [9.17, 15) is 9.90 Å². The highest BCUT2D eigenvalue weighted by atomic mass is 16.5. The lowest BCUT2D eigenvalue weighted by Crippen LogP contribution is -2.42. The molecule has 3 aromatic rings. The summed E-state index contributed by atoms with van der Waals surface area (Å²) in [6.07, 6.45) is 0. The van der Waals surface area contributed by atoms with E-state index in [0.29, 0.717) is 11.1 Å². The molecule has 0 aliphatic carbocycles. The van der Waals surface area contributed by atoms with E-state index in [0.717, 1.165) is 11.4 Å². The monoisotopic (exact) mass is 347 g/mol. The number of nitrogens with one attached hydrogen (secondary N) is 1. The number of hydrogen-bond acceptors (Lipinski definition) is 4. The Morgan fingerprint density at radius 2 is 1.50 bits per heavy atom. The molecule has 0 spiro atoms. The minimum atomic E-state index is -1.68. The van der Waals surface area contributed by atoms with Crippen LogP contribution in [0.25, 0.3) is 0 Å². The van der Waals surface area contributed by atoms with E-state index in [1.54, 1.807) is 43.5 Å². The minimum absolute atomic E-state index is 0.0526. The number of ether oxygens (including phenoxy) is 1. The van der Waals surface area contributed by atoms with Crippen LogP contribution >= 0.6 is 0 Å². The van der Waals surface area contributed by atoms with Crippen molar-refractivity contribution in [2.24, 2.45) is 0 Å². The first kappa shape index (κ1) is 17.7. The van der Waals surface area contributed by atoms with Crippen LogP contribution in [0.2, 0.25) is 0 Å². The second kappa shape index (κ2) is 7.85. The van der Waals surface area contributed by atoms with Gasteiger partial charge in [-0.3, -0.25) is 4.79 Å². The van der Waals surface area contributed by atoms with E-state index >= 15 is 0 Å². The summed E-state index contributed by atoms with van der Waals surface area (Å²) < 4.78 is 5.15. The number of rotatable bonds is 7. The summed E-state index contributed by atoms with van der Waals surface area (Å²) in [5.41, 5.74) is 0.133. The molecule has 132 valence electrons. The molecule has 0 saturated carbocycles. The summed E-state index contributed by atoms with van der Waals surface area (Å²) in [4.78, 5) is 13.1. The number of Topliss-reactive ketones (excluding diaryl/α,β-unsaturated/α-hetero) is 1. The van der Waals surface area contributed by atoms with Gasteiger partial charge in [-0.2, -0.15) is 0 Å². The van der Waals surface area contributed by atoms with Crippen molar-refractivity contribution in [3.63, 3.8) is 0 Å². The van der Waals surface area contributed by atoms with Crippen molar-refractivity contribution in [1.29, 1.82) is 0 Å². The maximum absolute atomic E-state index is 13.1. The van der Waals surface area contributed by atoms with Crippen molar-refractivity contribution in [1.82, 2.24) is 0 Å². The van der Waals surface area contributed by atoms with Crippen LogP contribution in [-0.2, 0) is 5.60 Å². The molecule has 3 aromatic carbocycles. The molecule has 0 fully saturated rings. The highest BCUT2D eigenvalue weighted by Crippen LogP contribution is 2.27. The van der Waals surface area contributed by atoms with Gasteiger partial charge in [-0.05, 0) is 29.8 Å². The van der Waals surface area contributed by atoms with Crippen molar-refractivity contribution in [2.75, 3.05) is 19.0 Å². The van der Waals surface area contributed by atoms with Gasteiger partial charge in [0.1, 0.15) is 5.75 Å². The molecular formula is C22H21NO3. The Morgan fingerprint density at radius 3 is 2.08 bits per heavy atom. The molecule has 2 N–H and O–H groups in total. The molecule has 1 atom stereocenters. The summed E-state index contributed by atoms with van der Waals surface area (Å²) >= 11 is 0. The number of hydrogen-bond donors (Lipinski definition) is 2. The van der Waals surface area contributed by atoms with Crippen LogP contribution < -0.4 is 10.1 Å². The molecular weight excluding hydrogens is 326 g/mol. The molecule has 0 heterocycles. The lowest BCUT2D eigenvalue weighted by molar-refractivity contribution is 0.0364. The van der Waals surface area contributed by atoms with E-state index in [2.05, 4.69) is 5.32 Å². The van der Waals surface area contributed by atoms with E-state index in [4.69, 9.17) is 4.74 Å². The standard InChI is InChI=1S/C22H21NO3/c1-26-20-14-12-19(13-15-20)23-16-22(25,18-10-6-3-7-11-18)21(24)17-8-4-2-5-9-17/h2-15,23,25H,16H2,1H3/t22-/m1/s1. The Bertz CT molecular complexity index is 848. The average molecular weight is 347 g/mol. The maximum Gasteiger partial charge on any atom is 0.200 e. The predicted octanol–water partition coefficient (Wildman–Crippen LogP) is 3.88. The highest BCUT2D eigenvalue weighted by Gasteiger charge is 2.38. The van der Waals surface area contributed by atoms with Gasteiger partial charge in [0.25, 0.3) is 0 Å². The first-order valence-corrected chi connectivity index (χ1v) is 8.39. The summed E-state index contributed by atoms with van der Waals surface area (Å²) in [5, 5.41) is 14.5. The zero-order valence-electron chi connectivity index (χ0n) is 14.6. The Balaban J connectivity index is 1.89. The van der Waals surface area contributed by atoms with Gasteiger partial charge >= 0.3 is 0 Å². The number of carbonyl (C=O) groups excluding carboxylic acids is 1. The molecule has 0 aliphatic heterocycles. The van der Waals surface area contributed by atoms with Gasteiger partial charge in [-0.1, -0.05) is 60.7 Å². The zero-order valence-corrected chi connectivity index (χ0v) is 14.6. The van der Waals surface area contributed by atoms with Gasteiger partial charge < -0.3 is 15.2 Å². The molecule has 4 heteroatoms. The molecule has 0 saturated heterocycles. The fourth-order valence-electron chi connectivity index (χ4n) is 2.79. The summed E-state index contributed by atoms with van der Waals surface area (Å²) in [5.74, 6) is 0.402. The van der Waals surface area contributed by atoms with Gasteiger partial charge in [0, 0.05) is 11.3 Å². The minimum Gasteiger partial charge on any atom is -0.497 e. The van der Waals surface area contributed by atoms with Crippen molar-refractivity contribution in [3.8, 4) is 5.75 Å². The van der Waals surface area contributed by atoms with Crippen molar-refractivity contribution in [3.05, 3.63) is 96.1 Å². The Kier molecular flexibility index (Phi) is 5.34. The fourth-order valence-corrected chi connectivity index (χ4v) is 2.79. The third-order valence-corrected chi connectivity index (χ3v) is 4.30. The van der Waals surface area contributed by atoms with Crippen molar-refractivity contribution >= 4 is 11.5 Å².